The smallest absolute Gasteiger partial charge is 0.254 e. The van der Waals surface area contributed by atoms with Gasteiger partial charge in [0.25, 0.3) is 5.91 Å². The molecule has 1 atom stereocenters. The summed E-state index contributed by atoms with van der Waals surface area (Å²) in [4.78, 5) is 11.5. The maximum absolute atomic E-state index is 11.5. The number of rotatable bonds is 5. The van der Waals surface area contributed by atoms with Crippen LogP contribution >= 0.6 is 0 Å². The number of methoxy groups -OCH3 is 1. The minimum absolute atomic E-state index is 0.164. The molecule has 0 aromatic carbocycles. The molecule has 0 bridgehead atoms. The van der Waals surface area contributed by atoms with E-state index in [2.05, 4.69) is 15.5 Å². The fourth-order valence-electron chi connectivity index (χ4n) is 1.01. The van der Waals surface area contributed by atoms with Gasteiger partial charge in [0.1, 0.15) is 0 Å². The molecule has 0 saturated carbocycles. The zero-order valence-corrected chi connectivity index (χ0v) is 7.99. The van der Waals surface area contributed by atoms with Crippen LogP contribution in [0.4, 0.5) is 0 Å². The van der Waals surface area contributed by atoms with E-state index >= 15 is 0 Å². The lowest BCUT2D eigenvalue weighted by molar-refractivity contribution is 0.0900. The van der Waals surface area contributed by atoms with Gasteiger partial charge in [0, 0.05) is 19.9 Å². The molecule has 0 fully saturated rings. The lowest BCUT2D eigenvalue weighted by Gasteiger charge is -2.14. The Morgan fingerprint density at radius 1 is 1.86 bits per heavy atom. The van der Waals surface area contributed by atoms with Crippen molar-refractivity contribution in [3.63, 3.8) is 0 Å². The van der Waals surface area contributed by atoms with Crippen molar-refractivity contribution in [2.45, 2.75) is 6.04 Å². The number of carbonyl (C=O) groups excluding carboxylic acids is 1. The Morgan fingerprint density at radius 3 is 3.14 bits per heavy atom. The van der Waals surface area contributed by atoms with Crippen molar-refractivity contribution in [3.05, 3.63) is 18.0 Å². The maximum Gasteiger partial charge on any atom is 0.254 e. The molecule has 1 heterocycles. The number of ether oxygens (including phenoxy) is 1. The topological polar surface area (TPSA) is 93.0 Å². The first-order valence-electron chi connectivity index (χ1n) is 4.26. The highest BCUT2D eigenvalue weighted by Gasteiger charge is 2.12. The molecule has 6 heteroatoms. The van der Waals surface area contributed by atoms with E-state index in [4.69, 9.17) is 10.5 Å². The number of hydrogen-bond acceptors (Lipinski definition) is 4. The van der Waals surface area contributed by atoms with Crippen molar-refractivity contribution >= 4 is 5.91 Å². The van der Waals surface area contributed by atoms with Gasteiger partial charge in [0.2, 0.25) is 0 Å². The quantitative estimate of drug-likeness (QED) is 0.572. The second kappa shape index (κ2) is 5.36. The molecular formula is C8H14N4O2. The molecule has 1 amide bonds. The highest BCUT2D eigenvalue weighted by atomic mass is 16.5. The van der Waals surface area contributed by atoms with Crippen LogP contribution in [0.3, 0.4) is 0 Å². The van der Waals surface area contributed by atoms with Gasteiger partial charge in [-0.2, -0.15) is 5.10 Å². The molecule has 0 aliphatic carbocycles. The lowest BCUT2D eigenvalue weighted by Crippen LogP contribution is -2.43. The Hall–Kier alpha value is -1.40. The molecule has 1 rings (SSSR count). The van der Waals surface area contributed by atoms with Crippen LogP contribution in [0.25, 0.3) is 0 Å². The Morgan fingerprint density at radius 2 is 2.64 bits per heavy atom. The van der Waals surface area contributed by atoms with Gasteiger partial charge in [-0.15, -0.1) is 0 Å². The number of nitrogens with zero attached hydrogens (tertiary/aromatic N) is 1. The number of aromatic amines is 1. The molecular weight excluding hydrogens is 184 g/mol. The molecule has 0 radical (unpaired) electrons. The Kier molecular flexibility index (Phi) is 4.09. The maximum atomic E-state index is 11.5. The SMILES string of the molecule is COCC(CN)NC(=O)c1cn[nH]c1. The number of H-pyrrole nitrogens is 1. The van der Waals surface area contributed by atoms with E-state index in [-0.39, 0.29) is 11.9 Å². The summed E-state index contributed by atoms with van der Waals surface area (Å²) in [7, 11) is 1.56. The minimum Gasteiger partial charge on any atom is -0.383 e. The van der Waals surface area contributed by atoms with Crippen LogP contribution in [0.15, 0.2) is 12.4 Å². The van der Waals surface area contributed by atoms with E-state index in [1.165, 1.54) is 12.4 Å². The van der Waals surface area contributed by atoms with Crippen LogP contribution < -0.4 is 11.1 Å². The Labute approximate surface area is 81.8 Å². The van der Waals surface area contributed by atoms with Gasteiger partial charge in [0.15, 0.2) is 0 Å². The standard InChI is InChI=1S/C8H14N4O2/c1-14-5-7(2-9)12-8(13)6-3-10-11-4-6/h3-4,7H,2,5,9H2,1H3,(H,10,11)(H,12,13). The van der Waals surface area contributed by atoms with Crippen LogP contribution in [0, 0.1) is 0 Å². The van der Waals surface area contributed by atoms with E-state index in [1.807, 2.05) is 0 Å². The van der Waals surface area contributed by atoms with E-state index in [0.29, 0.717) is 18.7 Å². The van der Waals surface area contributed by atoms with Crippen LogP contribution in [-0.4, -0.2) is 42.4 Å². The van der Waals surface area contributed by atoms with Gasteiger partial charge in [-0.1, -0.05) is 0 Å². The van der Waals surface area contributed by atoms with Gasteiger partial charge in [-0.25, -0.2) is 0 Å². The van der Waals surface area contributed by atoms with Crippen molar-refractivity contribution in [2.24, 2.45) is 5.73 Å². The predicted molar refractivity (Wildman–Crippen MR) is 50.8 cm³/mol. The van der Waals surface area contributed by atoms with Crippen molar-refractivity contribution < 1.29 is 9.53 Å². The first-order valence-corrected chi connectivity index (χ1v) is 4.26. The average molecular weight is 198 g/mol. The van der Waals surface area contributed by atoms with Gasteiger partial charge >= 0.3 is 0 Å². The summed E-state index contributed by atoms with van der Waals surface area (Å²) < 4.78 is 4.89. The van der Waals surface area contributed by atoms with Crippen molar-refractivity contribution in [2.75, 3.05) is 20.3 Å². The molecule has 0 spiro atoms. The number of nitrogens with one attached hydrogen (secondary N) is 2. The third kappa shape index (κ3) is 2.82. The van der Waals surface area contributed by atoms with E-state index in [9.17, 15) is 4.79 Å². The van der Waals surface area contributed by atoms with Crippen LogP contribution in [0.5, 0.6) is 0 Å². The van der Waals surface area contributed by atoms with E-state index < -0.39 is 0 Å². The Bertz CT molecular complexity index is 273. The first-order chi connectivity index (χ1) is 6.77. The third-order valence-corrected chi connectivity index (χ3v) is 1.75. The average Bonchev–Trinajstić information content (AvgIpc) is 2.69. The number of carbonyl (C=O) groups is 1. The largest absolute Gasteiger partial charge is 0.383 e. The molecule has 6 nitrogen and oxygen atoms in total. The van der Waals surface area contributed by atoms with Crippen LogP contribution in [-0.2, 0) is 4.74 Å². The number of aromatic nitrogens is 2. The monoisotopic (exact) mass is 198 g/mol. The molecule has 14 heavy (non-hydrogen) atoms. The predicted octanol–water partition coefficient (Wildman–Crippen LogP) is -0.887. The Balaban J connectivity index is 2.47. The summed E-state index contributed by atoms with van der Waals surface area (Å²) in [6, 6.07) is -0.164. The fourth-order valence-corrected chi connectivity index (χ4v) is 1.01. The highest BCUT2D eigenvalue weighted by Crippen LogP contribution is 1.94. The van der Waals surface area contributed by atoms with Crippen molar-refractivity contribution in [3.8, 4) is 0 Å². The zero-order valence-electron chi connectivity index (χ0n) is 7.99. The summed E-state index contributed by atoms with van der Waals surface area (Å²) in [5.41, 5.74) is 5.93. The molecule has 78 valence electrons. The number of hydrogen-bond donors (Lipinski definition) is 3. The molecule has 1 aromatic rings. The second-order valence-corrected chi connectivity index (χ2v) is 2.85. The van der Waals surface area contributed by atoms with Gasteiger partial charge in [-0.3, -0.25) is 9.89 Å². The second-order valence-electron chi connectivity index (χ2n) is 2.85. The van der Waals surface area contributed by atoms with E-state index in [1.54, 1.807) is 7.11 Å². The van der Waals surface area contributed by atoms with Gasteiger partial charge < -0.3 is 15.8 Å². The van der Waals surface area contributed by atoms with Crippen LogP contribution in [0.2, 0.25) is 0 Å². The minimum atomic E-state index is -0.203. The molecule has 4 N–H and O–H groups in total. The summed E-state index contributed by atoms with van der Waals surface area (Å²) in [6.07, 6.45) is 2.98. The number of nitrogens with two attached hydrogens (primary N) is 1. The zero-order chi connectivity index (χ0) is 10.4. The molecule has 1 aromatic heterocycles. The molecule has 0 saturated heterocycles. The lowest BCUT2D eigenvalue weighted by atomic mass is 10.2. The first kappa shape index (κ1) is 10.7. The summed E-state index contributed by atoms with van der Waals surface area (Å²) in [5.74, 6) is -0.203. The molecule has 0 aliphatic rings. The third-order valence-electron chi connectivity index (χ3n) is 1.75. The molecule has 0 aliphatic heterocycles. The van der Waals surface area contributed by atoms with Gasteiger partial charge in [0.05, 0.1) is 24.4 Å². The summed E-state index contributed by atoms with van der Waals surface area (Å²) >= 11 is 0. The van der Waals surface area contributed by atoms with E-state index in [0.717, 1.165) is 0 Å². The molecule has 1 unspecified atom stereocenters. The summed E-state index contributed by atoms with van der Waals surface area (Å²) in [6.45, 7) is 0.748. The highest BCUT2D eigenvalue weighted by molar-refractivity contribution is 5.93. The summed E-state index contributed by atoms with van der Waals surface area (Å²) in [5, 5.41) is 8.96. The normalized spacial score (nSPS) is 12.4. The van der Waals surface area contributed by atoms with Gasteiger partial charge in [-0.05, 0) is 0 Å². The van der Waals surface area contributed by atoms with Crippen LogP contribution in [0.1, 0.15) is 10.4 Å². The fraction of sp³-hybridized carbons (Fsp3) is 0.500. The van der Waals surface area contributed by atoms with Crippen molar-refractivity contribution in [1.82, 2.24) is 15.5 Å². The van der Waals surface area contributed by atoms with Crippen molar-refractivity contribution in [1.29, 1.82) is 0 Å². The number of amides is 1.